The van der Waals surface area contributed by atoms with Crippen LogP contribution in [0.1, 0.15) is 23.2 Å². The van der Waals surface area contributed by atoms with Crippen molar-refractivity contribution in [2.24, 2.45) is 0 Å². The fourth-order valence-electron chi connectivity index (χ4n) is 2.77. The van der Waals surface area contributed by atoms with Crippen molar-refractivity contribution in [3.8, 4) is 0 Å². The zero-order chi connectivity index (χ0) is 19.8. The second-order valence-electron chi connectivity index (χ2n) is 6.06. The summed E-state index contributed by atoms with van der Waals surface area (Å²) in [4.78, 5) is 12.6. The van der Waals surface area contributed by atoms with Crippen molar-refractivity contribution < 1.29 is 13.2 Å². The van der Waals surface area contributed by atoms with E-state index in [1.807, 2.05) is 0 Å². The molecule has 6 nitrogen and oxygen atoms in total. The maximum absolute atomic E-state index is 12.7. The molecule has 0 atom stereocenters. The van der Waals surface area contributed by atoms with E-state index in [1.165, 1.54) is 34.6 Å². The largest absolute Gasteiger partial charge is 0.396 e. The van der Waals surface area contributed by atoms with Crippen LogP contribution in [0.4, 0.5) is 11.4 Å². The molecule has 0 radical (unpaired) electrons. The molecule has 1 fully saturated rings. The molecule has 0 unspecified atom stereocenters. The first kappa shape index (κ1) is 20.2. The van der Waals surface area contributed by atoms with Gasteiger partial charge < -0.3 is 11.1 Å². The number of carbonyl (C=O) groups is 1. The van der Waals surface area contributed by atoms with E-state index in [0.29, 0.717) is 18.8 Å². The maximum Gasteiger partial charge on any atom is 0.257 e. The van der Waals surface area contributed by atoms with Crippen LogP contribution in [-0.4, -0.2) is 31.7 Å². The summed E-state index contributed by atoms with van der Waals surface area (Å²) >= 11 is 18.0. The van der Waals surface area contributed by atoms with Gasteiger partial charge in [0.15, 0.2) is 0 Å². The lowest BCUT2D eigenvalue weighted by Crippen LogP contribution is -2.28. The summed E-state index contributed by atoms with van der Waals surface area (Å²) in [6, 6.07) is 6.94. The second-order valence-corrected chi connectivity index (χ2v) is 9.22. The lowest BCUT2D eigenvalue weighted by atomic mass is 10.2. The number of nitrogens with one attached hydrogen (secondary N) is 1. The van der Waals surface area contributed by atoms with E-state index in [1.54, 1.807) is 0 Å². The molecule has 0 bridgehead atoms. The zero-order valence-electron chi connectivity index (χ0n) is 14.0. The van der Waals surface area contributed by atoms with Gasteiger partial charge in [-0.25, -0.2) is 8.42 Å². The van der Waals surface area contributed by atoms with Crippen molar-refractivity contribution >= 4 is 62.1 Å². The molecule has 3 N–H and O–H groups in total. The van der Waals surface area contributed by atoms with E-state index < -0.39 is 15.9 Å². The lowest BCUT2D eigenvalue weighted by molar-refractivity contribution is 0.102. The van der Waals surface area contributed by atoms with Gasteiger partial charge >= 0.3 is 0 Å². The van der Waals surface area contributed by atoms with Crippen LogP contribution < -0.4 is 11.1 Å². The number of halogens is 3. The number of nitrogens with two attached hydrogens (primary N) is 1. The van der Waals surface area contributed by atoms with Crippen LogP contribution in [0.2, 0.25) is 15.1 Å². The fourth-order valence-corrected chi connectivity index (χ4v) is 5.01. The Bertz CT molecular complexity index is 983. The Morgan fingerprint density at radius 3 is 2.19 bits per heavy atom. The Kier molecular flexibility index (Phi) is 5.88. The van der Waals surface area contributed by atoms with Gasteiger partial charge in [-0.05, 0) is 43.2 Å². The van der Waals surface area contributed by atoms with Crippen molar-refractivity contribution in [1.82, 2.24) is 4.31 Å². The molecule has 0 spiro atoms. The monoisotopic (exact) mass is 447 g/mol. The molecule has 2 aromatic carbocycles. The molecule has 1 aliphatic heterocycles. The molecular formula is C17H16Cl3N3O3S. The van der Waals surface area contributed by atoms with E-state index in [9.17, 15) is 13.2 Å². The molecule has 1 aliphatic rings. The molecule has 2 aromatic rings. The van der Waals surface area contributed by atoms with E-state index in [-0.39, 0.29) is 31.2 Å². The summed E-state index contributed by atoms with van der Waals surface area (Å²) in [5, 5.41) is 3.10. The summed E-state index contributed by atoms with van der Waals surface area (Å²) in [5.74, 6) is -0.588. The summed E-state index contributed by atoms with van der Waals surface area (Å²) in [5.41, 5.74) is 6.22. The van der Waals surface area contributed by atoms with Gasteiger partial charge in [0.25, 0.3) is 5.91 Å². The average molecular weight is 449 g/mol. The standard InChI is InChI=1S/C17H16Cl3N3O3S/c18-13-4-3-11(27(25,26)23-5-1-2-6-23)9-12(13)17(24)22-10-7-14(19)16(21)15(20)8-10/h3-4,7-9H,1-2,5-6,21H2,(H,22,24). The number of nitrogens with zero attached hydrogens (tertiary/aromatic N) is 1. The predicted molar refractivity (Wildman–Crippen MR) is 108 cm³/mol. The smallest absolute Gasteiger partial charge is 0.257 e. The summed E-state index contributed by atoms with van der Waals surface area (Å²) < 4.78 is 26.8. The average Bonchev–Trinajstić information content (AvgIpc) is 3.15. The number of hydrogen-bond donors (Lipinski definition) is 2. The fraction of sp³-hybridized carbons (Fsp3) is 0.235. The quantitative estimate of drug-likeness (QED) is 0.683. The van der Waals surface area contributed by atoms with Gasteiger partial charge in [0.05, 0.1) is 31.2 Å². The lowest BCUT2D eigenvalue weighted by Gasteiger charge is -2.16. The van der Waals surface area contributed by atoms with Crippen molar-refractivity contribution in [3.63, 3.8) is 0 Å². The van der Waals surface area contributed by atoms with E-state index in [4.69, 9.17) is 40.5 Å². The third-order valence-corrected chi connectivity index (χ3v) is 7.07. The highest BCUT2D eigenvalue weighted by Gasteiger charge is 2.28. The van der Waals surface area contributed by atoms with Crippen molar-refractivity contribution in [3.05, 3.63) is 51.0 Å². The number of rotatable bonds is 4. The molecule has 3 rings (SSSR count). The first-order chi connectivity index (χ1) is 12.7. The van der Waals surface area contributed by atoms with Crippen LogP contribution in [0.5, 0.6) is 0 Å². The Labute approximate surface area is 172 Å². The van der Waals surface area contributed by atoms with Crippen LogP contribution in [0.25, 0.3) is 0 Å². The number of amides is 1. The number of anilines is 2. The molecule has 1 amide bonds. The SMILES string of the molecule is Nc1c(Cl)cc(NC(=O)c2cc(S(=O)(=O)N3CCCC3)ccc2Cl)cc1Cl. The third kappa shape index (κ3) is 4.17. The van der Waals surface area contributed by atoms with Crippen molar-refractivity contribution in [2.45, 2.75) is 17.7 Å². The molecule has 0 aromatic heterocycles. The Morgan fingerprint density at radius 1 is 1.00 bits per heavy atom. The van der Waals surface area contributed by atoms with Gasteiger partial charge in [0.2, 0.25) is 10.0 Å². The first-order valence-corrected chi connectivity index (χ1v) is 10.6. The number of sulfonamides is 1. The highest BCUT2D eigenvalue weighted by atomic mass is 35.5. The van der Waals surface area contributed by atoms with E-state index >= 15 is 0 Å². The minimum Gasteiger partial charge on any atom is -0.396 e. The highest BCUT2D eigenvalue weighted by Crippen LogP contribution is 2.32. The van der Waals surface area contributed by atoms with Crippen LogP contribution in [0, 0.1) is 0 Å². The predicted octanol–water partition coefficient (Wildman–Crippen LogP) is 4.27. The Hall–Kier alpha value is -1.51. The molecule has 27 heavy (non-hydrogen) atoms. The van der Waals surface area contributed by atoms with Gasteiger partial charge in [-0.15, -0.1) is 0 Å². The minimum atomic E-state index is -3.67. The number of benzene rings is 2. The normalized spacial score (nSPS) is 15.1. The third-order valence-electron chi connectivity index (χ3n) is 4.22. The Morgan fingerprint density at radius 2 is 1.59 bits per heavy atom. The van der Waals surface area contributed by atoms with Gasteiger partial charge in [-0.1, -0.05) is 34.8 Å². The van der Waals surface area contributed by atoms with Crippen LogP contribution in [0.3, 0.4) is 0 Å². The molecule has 144 valence electrons. The summed E-state index contributed by atoms with van der Waals surface area (Å²) in [7, 11) is -3.67. The molecule has 10 heteroatoms. The number of carbonyl (C=O) groups excluding carboxylic acids is 1. The number of nitrogen functional groups attached to an aromatic ring is 1. The van der Waals surface area contributed by atoms with Crippen LogP contribution in [-0.2, 0) is 10.0 Å². The summed E-state index contributed by atoms with van der Waals surface area (Å²) in [6.45, 7) is 0.934. The number of hydrogen-bond acceptors (Lipinski definition) is 4. The van der Waals surface area contributed by atoms with Gasteiger partial charge in [0, 0.05) is 18.8 Å². The topological polar surface area (TPSA) is 92.5 Å². The molecule has 1 saturated heterocycles. The molecule has 0 aliphatic carbocycles. The van der Waals surface area contributed by atoms with E-state index in [2.05, 4.69) is 5.32 Å². The van der Waals surface area contributed by atoms with Gasteiger partial charge in [-0.2, -0.15) is 4.31 Å². The Balaban J connectivity index is 1.91. The molecule has 0 saturated carbocycles. The summed E-state index contributed by atoms with van der Waals surface area (Å²) in [6.07, 6.45) is 1.64. The minimum absolute atomic E-state index is 0.0207. The van der Waals surface area contributed by atoms with Gasteiger partial charge in [0.1, 0.15) is 0 Å². The van der Waals surface area contributed by atoms with Crippen LogP contribution in [0.15, 0.2) is 35.2 Å². The highest BCUT2D eigenvalue weighted by molar-refractivity contribution is 7.89. The van der Waals surface area contributed by atoms with Crippen molar-refractivity contribution in [1.29, 1.82) is 0 Å². The van der Waals surface area contributed by atoms with Crippen LogP contribution >= 0.6 is 34.8 Å². The molecule has 1 heterocycles. The van der Waals surface area contributed by atoms with E-state index in [0.717, 1.165) is 12.8 Å². The molecular weight excluding hydrogens is 433 g/mol. The maximum atomic E-state index is 12.7. The van der Waals surface area contributed by atoms with Crippen molar-refractivity contribution in [2.75, 3.05) is 24.1 Å². The zero-order valence-corrected chi connectivity index (χ0v) is 17.1. The van der Waals surface area contributed by atoms with Gasteiger partial charge in [-0.3, -0.25) is 4.79 Å². The second kappa shape index (κ2) is 7.85. The first-order valence-electron chi connectivity index (χ1n) is 8.05.